The maximum Gasteiger partial charge on any atom is 0.411 e. The monoisotopic (exact) mass is 601 g/mol. The average Bonchev–Trinajstić information content (AvgIpc) is 3.68. The van der Waals surface area contributed by atoms with Crippen molar-refractivity contribution >= 4 is 38.6 Å². The Morgan fingerprint density at radius 3 is 2.53 bits per heavy atom. The van der Waals surface area contributed by atoms with Crippen molar-refractivity contribution in [3.63, 3.8) is 0 Å². The van der Waals surface area contributed by atoms with Crippen LogP contribution in [-0.4, -0.2) is 38.2 Å². The van der Waals surface area contributed by atoms with E-state index in [1.807, 2.05) is 36.0 Å². The van der Waals surface area contributed by atoms with Gasteiger partial charge >= 0.3 is 6.09 Å². The molecular weight excluding hydrogens is 566 g/mol. The highest BCUT2D eigenvalue weighted by molar-refractivity contribution is 7.90. The molecule has 4 aromatic rings. The van der Waals surface area contributed by atoms with E-state index in [0.29, 0.717) is 35.3 Å². The molecule has 2 fully saturated rings. The van der Waals surface area contributed by atoms with Crippen LogP contribution < -0.4 is 14.8 Å². The third-order valence-corrected chi connectivity index (χ3v) is 10.3. The number of aryl methyl sites for hydroxylation is 2. The lowest BCUT2D eigenvalue weighted by atomic mass is 9.98. The second-order valence-electron chi connectivity index (χ2n) is 11.6. The molecule has 0 radical (unpaired) electrons. The van der Waals surface area contributed by atoms with Crippen LogP contribution in [0.1, 0.15) is 52.7 Å². The van der Waals surface area contributed by atoms with E-state index in [4.69, 9.17) is 9.47 Å². The molecule has 2 aliphatic rings. The normalized spacial score (nSPS) is 19.4. The van der Waals surface area contributed by atoms with Gasteiger partial charge in [-0.3, -0.25) is 10.1 Å². The summed E-state index contributed by atoms with van der Waals surface area (Å²) in [4.78, 5) is 25.7. The number of nitrogens with one attached hydrogen (secondary N) is 2. The van der Waals surface area contributed by atoms with E-state index < -0.39 is 22.0 Å². The van der Waals surface area contributed by atoms with Gasteiger partial charge in [-0.25, -0.2) is 17.9 Å². The highest BCUT2D eigenvalue weighted by Gasteiger charge is 2.41. The first-order chi connectivity index (χ1) is 20.6. The molecule has 3 unspecified atom stereocenters. The number of sulfonamides is 1. The minimum atomic E-state index is -4.04. The molecule has 0 aliphatic heterocycles. The largest absolute Gasteiger partial charge is 0.496 e. The highest BCUT2D eigenvalue weighted by Crippen LogP contribution is 2.46. The number of anilines is 1. The molecule has 224 valence electrons. The topological polar surface area (TPSA) is 116 Å². The molecule has 2 saturated carbocycles. The number of hydrogen-bond donors (Lipinski definition) is 2. The summed E-state index contributed by atoms with van der Waals surface area (Å²) in [5.41, 5.74) is 4.18. The van der Waals surface area contributed by atoms with E-state index in [0.717, 1.165) is 34.9 Å². The molecule has 2 bridgehead atoms. The lowest BCUT2D eigenvalue weighted by Gasteiger charge is -2.22. The van der Waals surface area contributed by atoms with Gasteiger partial charge in [0, 0.05) is 41.8 Å². The van der Waals surface area contributed by atoms with Crippen molar-refractivity contribution in [3.8, 4) is 5.75 Å². The zero-order valence-electron chi connectivity index (χ0n) is 24.4. The zero-order chi connectivity index (χ0) is 30.3. The van der Waals surface area contributed by atoms with Crippen LogP contribution in [0.2, 0.25) is 0 Å². The van der Waals surface area contributed by atoms with Crippen LogP contribution in [0.5, 0.6) is 5.75 Å². The van der Waals surface area contributed by atoms with Crippen LogP contribution in [0.4, 0.5) is 10.5 Å². The zero-order valence-corrected chi connectivity index (χ0v) is 25.2. The fraction of sp³-hybridized carbons (Fsp3) is 0.333. The van der Waals surface area contributed by atoms with Gasteiger partial charge in [-0.05, 0) is 97.5 Å². The predicted octanol–water partition coefficient (Wildman–Crippen LogP) is 5.94. The summed E-state index contributed by atoms with van der Waals surface area (Å²) in [5, 5.41) is 3.87. The first-order valence-corrected chi connectivity index (χ1v) is 15.9. The third kappa shape index (κ3) is 5.84. The summed E-state index contributed by atoms with van der Waals surface area (Å²) < 4.78 is 41.2. The number of benzene rings is 3. The van der Waals surface area contributed by atoms with E-state index in [-0.39, 0.29) is 16.6 Å². The maximum absolute atomic E-state index is 12.9. The fourth-order valence-electron chi connectivity index (χ4n) is 6.64. The van der Waals surface area contributed by atoms with Crippen LogP contribution >= 0.6 is 0 Å². The van der Waals surface area contributed by atoms with Crippen LogP contribution in [0.15, 0.2) is 71.8 Å². The Kier molecular flexibility index (Phi) is 7.64. The molecule has 9 nitrogen and oxygen atoms in total. The van der Waals surface area contributed by atoms with Crippen LogP contribution in [0, 0.1) is 18.8 Å². The summed E-state index contributed by atoms with van der Waals surface area (Å²) in [7, 11) is -0.571. The standard InChI is InChI=1S/C33H35N3O6S/c1-20-6-4-5-7-31(20)43(39,40)35-32(37)24-11-10-23(29(17-24)41-3)16-25-19-36(2)28-13-12-26(18-27(25)28)34-33(38)42-30-15-21-8-9-22(30)14-21/h4-7,10-13,17-19,21-22,30H,8-9,14-16H2,1-3H3,(H,34,38)(H,35,37). The van der Waals surface area contributed by atoms with Crippen molar-refractivity contribution in [2.24, 2.45) is 18.9 Å². The third-order valence-electron chi connectivity index (χ3n) is 8.79. The van der Waals surface area contributed by atoms with Crippen molar-refractivity contribution in [3.05, 3.63) is 89.1 Å². The van der Waals surface area contributed by atoms with Gasteiger partial charge < -0.3 is 14.0 Å². The second kappa shape index (κ2) is 11.4. The molecular formula is C33H35N3O6S. The van der Waals surface area contributed by atoms with E-state index in [1.165, 1.54) is 26.0 Å². The van der Waals surface area contributed by atoms with Crippen LogP contribution in [0.25, 0.3) is 10.9 Å². The number of aromatic nitrogens is 1. The van der Waals surface area contributed by atoms with E-state index in [9.17, 15) is 18.0 Å². The molecule has 2 N–H and O–H groups in total. The van der Waals surface area contributed by atoms with Gasteiger partial charge in [-0.1, -0.05) is 24.3 Å². The Balaban J connectivity index is 1.19. The molecule has 6 rings (SSSR count). The lowest BCUT2D eigenvalue weighted by Crippen LogP contribution is -2.31. The highest BCUT2D eigenvalue weighted by atomic mass is 32.2. The molecule has 1 heterocycles. The van der Waals surface area contributed by atoms with Crippen LogP contribution in [-0.2, 0) is 28.2 Å². The van der Waals surface area contributed by atoms with Crippen molar-refractivity contribution in [2.45, 2.75) is 50.0 Å². The summed E-state index contributed by atoms with van der Waals surface area (Å²) in [5.74, 6) is 0.898. The summed E-state index contributed by atoms with van der Waals surface area (Å²) in [6, 6.07) is 17.2. The summed E-state index contributed by atoms with van der Waals surface area (Å²) in [6.07, 6.45) is 6.62. The summed E-state index contributed by atoms with van der Waals surface area (Å²) in [6.45, 7) is 1.67. The van der Waals surface area contributed by atoms with E-state index in [2.05, 4.69) is 10.0 Å². The lowest BCUT2D eigenvalue weighted by molar-refractivity contribution is 0.0755. The fourth-order valence-corrected chi connectivity index (χ4v) is 7.86. The Morgan fingerprint density at radius 2 is 1.81 bits per heavy atom. The number of nitrogens with zero attached hydrogens (tertiary/aromatic N) is 1. The van der Waals surface area contributed by atoms with Crippen LogP contribution in [0.3, 0.4) is 0 Å². The minimum Gasteiger partial charge on any atom is -0.496 e. The van der Waals surface area contributed by atoms with Gasteiger partial charge in [0.2, 0.25) is 0 Å². The molecule has 3 aromatic carbocycles. The second-order valence-corrected chi connectivity index (χ2v) is 13.3. The first-order valence-electron chi connectivity index (χ1n) is 14.5. The predicted molar refractivity (Wildman–Crippen MR) is 164 cm³/mol. The first kappa shape index (κ1) is 28.8. The van der Waals surface area contributed by atoms with Gasteiger partial charge in [0.25, 0.3) is 15.9 Å². The van der Waals surface area contributed by atoms with Crippen molar-refractivity contribution in [1.82, 2.24) is 9.29 Å². The SMILES string of the molecule is COc1cc(C(=O)NS(=O)(=O)c2ccccc2C)ccc1Cc1cn(C)c2ccc(NC(=O)OC3CC4CCC3C4)cc12. The molecule has 1 aromatic heterocycles. The molecule has 2 amide bonds. The van der Waals surface area contributed by atoms with Gasteiger partial charge in [0.05, 0.1) is 12.0 Å². The van der Waals surface area contributed by atoms with Gasteiger partial charge in [-0.2, -0.15) is 0 Å². The van der Waals surface area contributed by atoms with Crippen molar-refractivity contribution in [2.75, 3.05) is 12.4 Å². The Morgan fingerprint density at radius 1 is 1.00 bits per heavy atom. The average molecular weight is 602 g/mol. The Labute approximate surface area is 251 Å². The Bertz CT molecular complexity index is 1830. The number of ether oxygens (including phenoxy) is 2. The smallest absolute Gasteiger partial charge is 0.411 e. The number of amides is 2. The molecule has 43 heavy (non-hydrogen) atoms. The molecule has 10 heteroatoms. The Hall–Kier alpha value is -4.31. The molecule has 0 saturated heterocycles. The quantitative estimate of drug-likeness (QED) is 0.258. The maximum atomic E-state index is 12.9. The van der Waals surface area contributed by atoms with Crippen molar-refractivity contribution in [1.29, 1.82) is 0 Å². The number of carbonyl (C=O) groups is 2. The van der Waals surface area contributed by atoms with E-state index in [1.54, 1.807) is 43.3 Å². The number of carbonyl (C=O) groups excluding carboxylic acids is 2. The molecule has 3 atom stereocenters. The number of methoxy groups -OCH3 is 1. The molecule has 2 aliphatic carbocycles. The summed E-state index contributed by atoms with van der Waals surface area (Å²) >= 11 is 0. The van der Waals surface area contributed by atoms with Crippen molar-refractivity contribution < 1.29 is 27.5 Å². The van der Waals surface area contributed by atoms with Gasteiger partial charge in [0.15, 0.2) is 0 Å². The minimum absolute atomic E-state index is 0.00912. The van der Waals surface area contributed by atoms with Gasteiger partial charge in [0.1, 0.15) is 11.9 Å². The number of rotatable bonds is 8. The number of fused-ring (bicyclic) bond motifs is 3. The number of hydrogen-bond acceptors (Lipinski definition) is 6. The van der Waals surface area contributed by atoms with E-state index >= 15 is 0 Å². The molecule has 0 spiro atoms. The van der Waals surface area contributed by atoms with Gasteiger partial charge in [-0.15, -0.1) is 0 Å².